The third kappa shape index (κ3) is 5.17. The highest BCUT2D eigenvalue weighted by molar-refractivity contribution is 7.89. The van der Waals surface area contributed by atoms with E-state index in [1.54, 1.807) is 18.2 Å². The molecular weight excluding hydrogens is 326 g/mol. The average Bonchev–Trinajstić information content (AvgIpc) is 2.51. The summed E-state index contributed by atoms with van der Waals surface area (Å²) < 4.78 is 27.0. The van der Waals surface area contributed by atoms with Gasteiger partial charge in [0.25, 0.3) is 0 Å². The van der Waals surface area contributed by atoms with Gasteiger partial charge in [0.15, 0.2) is 0 Å². The lowest BCUT2D eigenvalue weighted by Gasteiger charge is -2.10. The normalized spacial score (nSPS) is 11.3. The van der Waals surface area contributed by atoms with Crippen LogP contribution in [0.5, 0.6) is 0 Å². The molecule has 1 aromatic carbocycles. The van der Waals surface area contributed by atoms with Gasteiger partial charge in [-0.3, -0.25) is 0 Å². The van der Waals surface area contributed by atoms with E-state index in [0.29, 0.717) is 18.3 Å². The summed E-state index contributed by atoms with van der Waals surface area (Å²) in [6.45, 7) is 7.13. The van der Waals surface area contributed by atoms with E-state index >= 15 is 0 Å². The number of aromatic nitrogens is 2. The fourth-order valence-electron chi connectivity index (χ4n) is 2.14. The maximum absolute atomic E-state index is 12.2. The summed E-state index contributed by atoms with van der Waals surface area (Å²) >= 11 is 0. The van der Waals surface area contributed by atoms with E-state index in [1.807, 2.05) is 32.9 Å². The molecule has 0 aliphatic heterocycles. The van der Waals surface area contributed by atoms with Crippen molar-refractivity contribution in [3.05, 3.63) is 41.6 Å². The number of hydrogen-bond acceptors (Lipinski definition) is 6. The van der Waals surface area contributed by atoms with Gasteiger partial charge in [0.05, 0.1) is 4.90 Å². The Balaban J connectivity index is 1.91. The minimum absolute atomic E-state index is 0.260. The van der Waals surface area contributed by atoms with Crippen molar-refractivity contribution in [1.29, 1.82) is 0 Å². The highest BCUT2D eigenvalue weighted by atomic mass is 32.2. The summed E-state index contributed by atoms with van der Waals surface area (Å²) in [4.78, 5) is 8.85. The van der Waals surface area contributed by atoms with Crippen molar-refractivity contribution >= 4 is 21.8 Å². The molecule has 0 fully saturated rings. The third-order valence-corrected chi connectivity index (χ3v) is 4.67. The van der Waals surface area contributed by atoms with Crippen LogP contribution >= 0.6 is 0 Å². The standard InChI is InChI=1S/C16H23N5O2S/c1-4-17-16-20-13(3)11-15(21-16)18-8-9-19-24(22,23)14-7-5-6-12(2)10-14/h5-7,10-11,19H,4,8-9H2,1-3H3,(H2,17,18,20,21). The Hall–Kier alpha value is -2.19. The molecule has 2 rings (SSSR count). The number of hydrogen-bond donors (Lipinski definition) is 3. The number of sulfonamides is 1. The van der Waals surface area contributed by atoms with Crippen LogP contribution < -0.4 is 15.4 Å². The average molecular weight is 349 g/mol. The molecule has 0 unspecified atom stereocenters. The predicted octanol–water partition coefficient (Wildman–Crippen LogP) is 1.92. The summed E-state index contributed by atoms with van der Waals surface area (Å²) in [5.41, 5.74) is 1.74. The molecule has 7 nitrogen and oxygen atoms in total. The van der Waals surface area contributed by atoms with Crippen molar-refractivity contribution in [1.82, 2.24) is 14.7 Å². The second-order valence-corrected chi connectivity index (χ2v) is 7.16. The molecule has 3 N–H and O–H groups in total. The van der Waals surface area contributed by atoms with Gasteiger partial charge in [0, 0.05) is 31.4 Å². The van der Waals surface area contributed by atoms with Gasteiger partial charge in [-0.2, -0.15) is 4.98 Å². The van der Waals surface area contributed by atoms with Crippen LogP contribution in [0.1, 0.15) is 18.2 Å². The van der Waals surface area contributed by atoms with Crippen molar-refractivity contribution in [2.24, 2.45) is 0 Å². The number of nitrogens with zero attached hydrogens (tertiary/aromatic N) is 2. The van der Waals surface area contributed by atoms with Crippen molar-refractivity contribution in [3.63, 3.8) is 0 Å². The maximum atomic E-state index is 12.2. The first-order valence-corrected chi connectivity index (χ1v) is 9.29. The first-order valence-electron chi connectivity index (χ1n) is 7.80. The van der Waals surface area contributed by atoms with Gasteiger partial charge in [-0.05, 0) is 38.5 Å². The predicted molar refractivity (Wildman–Crippen MR) is 95.8 cm³/mol. The second kappa shape index (κ2) is 8.07. The van der Waals surface area contributed by atoms with Crippen LogP contribution in [-0.4, -0.2) is 38.0 Å². The monoisotopic (exact) mass is 349 g/mol. The van der Waals surface area contributed by atoms with Gasteiger partial charge in [-0.15, -0.1) is 0 Å². The van der Waals surface area contributed by atoms with Gasteiger partial charge < -0.3 is 10.6 Å². The van der Waals surface area contributed by atoms with Crippen molar-refractivity contribution in [2.45, 2.75) is 25.7 Å². The molecule has 0 spiro atoms. The fraction of sp³-hybridized carbons (Fsp3) is 0.375. The lowest BCUT2D eigenvalue weighted by atomic mass is 10.2. The van der Waals surface area contributed by atoms with E-state index in [4.69, 9.17) is 0 Å². The molecule has 0 atom stereocenters. The van der Waals surface area contributed by atoms with Crippen LogP contribution in [0.25, 0.3) is 0 Å². The van der Waals surface area contributed by atoms with Gasteiger partial charge in [-0.25, -0.2) is 18.1 Å². The zero-order valence-electron chi connectivity index (χ0n) is 14.1. The minimum atomic E-state index is -3.50. The van der Waals surface area contributed by atoms with E-state index in [9.17, 15) is 8.42 Å². The van der Waals surface area contributed by atoms with Crippen LogP contribution in [-0.2, 0) is 10.0 Å². The number of rotatable bonds is 8. The minimum Gasteiger partial charge on any atom is -0.369 e. The third-order valence-electron chi connectivity index (χ3n) is 3.21. The largest absolute Gasteiger partial charge is 0.369 e. The smallest absolute Gasteiger partial charge is 0.240 e. The number of nitrogens with one attached hydrogen (secondary N) is 3. The van der Waals surface area contributed by atoms with E-state index in [2.05, 4.69) is 25.3 Å². The molecule has 0 bridgehead atoms. The molecule has 130 valence electrons. The van der Waals surface area contributed by atoms with Crippen LogP contribution in [0, 0.1) is 13.8 Å². The van der Waals surface area contributed by atoms with E-state index in [1.165, 1.54) is 0 Å². The van der Waals surface area contributed by atoms with Crippen LogP contribution in [0.4, 0.5) is 11.8 Å². The summed E-state index contributed by atoms with van der Waals surface area (Å²) in [6.07, 6.45) is 0. The number of benzene rings is 1. The molecule has 0 aliphatic carbocycles. The van der Waals surface area contributed by atoms with Crippen LogP contribution in [0.15, 0.2) is 35.2 Å². The van der Waals surface area contributed by atoms with Gasteiger partial charge in [-0.1, -0.05) is 12.1 Å². The molecule has 1 aromatic heterocycles. The molecule has 0 saturated heterocycles. The molecule has 24 heavy (non-hydrogen) atoms. The highest BCUT2D eigenvalue weighted by Gasteiger charge is 2.12. The maximum Gasteiger partial charge on any atom is 0.240 e. The number of aryl methyl sites for hydroxylation is 2. The second-order valence-electron chi connectivity index (χ2n) is 5.39. The molecule has 2 aromatic rings. The van der Waals surface area contributed by atoms with Crippen molar-refractivity contribution < 1.29 is 8.42 Å². The van der Waals surface area contributed by atoms with Crippen molar-refractivity contribution in [2.75, 3.05) is 30.3 Å². The Morgan fingerprint density at radius 1 is 1.04 bits per heavy atom. The first kappa shape index (κ1) is 18.2. The van der Waals surface area contributed by atoms with E-state index in [0.717, 1.165) is 17.8 Å². The van der Waals surface area contributed by atoms with E-state index < -0.39 is 10.0 Å². The van der Waals surface area contributed by atoms with E-state index in [-0.39, 0.29) is 11.4 Å². The van der Waals surface area contributed by atoms with Gasteiger partial charge >= 0.3 is 0 Å². The van der Waals surface area contributed by atoms with Crippen LogP contribution in [0.2, 0.25) is 0 Å². The molecule has 0 aliphatic rings. The summed E-state index contributed by atoms with van der Waals surface area (Å²) in [5, 5.41) is 6.16. The summed E-state index contributed by atoms with van der Waals surface area (Å²) in [7, 11) is -3.50. The Morgan fingerprint density at radius 2 is 1.83 bits per heavy atom. The molecule has 0 amide bonds. The summed E-state index contributed by atoms with van der Waals surface area (Å²) in [5.74, 6) is 1.22. The Morgan fingerprint density at radius 3 is 2.54 bits per heavy atom. The van der Waals surface area contributed by atoms with Gasteiger partial charge in [0.1, 0.15) is 5.82 Å². The van der Waals surface area contributed by atoms with Crippen LogP contribution in [0.3, 0.4) is 0 Å². The first-order chi connectivity index (χ1) is 11.4. The topological polar surface area (TPSA) is 96.0 Å². The highest BCUT2D eigenvalue weighted by Crippen LogP contribution is 2.11. The summed E-state index contributed by atoms with van der Waals surface area (Å²) in [6, 6.07) is 8.63. The quantitative estimate of drug-likeness (QED) is 0.630. The zero-order chi connectivity index (χ0) is 17.6. The zero-order valence-corrected chi connectivity index (χ0v) is 14.9. The Kier molecular flexibility index (Phi) is 6.10. The molecular formula is C16H23N5O2S. The molecule has 0 saturated carbocycles. The van der Waals surface area contributed by atoms with Crippen molar-refractivity contribution in [3.8, 4) is 0 Å². The SMILES string of the molecule is CCNc1nc(C)cc(NCCNS(=O)(=O)c2cccc(C)c2)n1. The lowest BCUT2D eigenvalue weighted by Crippen LogP contribution is -2.29. The Labute approximate surface area is 143 Å². The van der Waals surface area contributed by atoms with Gasteiger partial charge in [0.2, 0.25) is 16.0 Å². The lowest BCUT2D eigenvalue weighted by molar-refractivity contribution is 0.582. The molecule has 8 heteroatoms. The fourth-order valence-corrected chi connectivity index (χ4v) is 3.27. The molecule has 1 heterocycles. The number of anilines is 2. The molecule has 0 radical (unpaired) electrons. The Bertz CT molecular complexity index is 793.